The van der Waals surface area contributed by atoms with E-state index >= 15 is 0 Å². The molecule has 5 heteroatoms. The van der Waals surface area contributed by atoms with Gasteiger partial charge in [-0.1, -0.05) is 48.5 Å². The van der Waals surface area contributed by atoms with E-state index in [0.717, 1.165) is 16.8 Å². The maximum Gasteiger partial charge on any atom is 0.271 e. The number of imidazole rings is 1. The minimum atomic E-state index is -0.229. The molecule has 0 bridgehead atoms. The Kier molecular flexibility index (Phi) is 4.59. The van der Waals surface area contributed by atoms with Gasteiger partial charge < -0.3 is 4.98 Å². The van der Waals surface area contributed by atoms with Crippen LogP contribution in [0.3, 0.4) is 0 Å². The molecule has 0 saturated carbocycles. The van der Waals surface area contributed by atoms with Gasteiger partial charge in [0.2, 0.25) is 0 Å². The molecule has 2 N–H and O–H groups in total. The molecule has 1 amide bonds. The molecule has 0 atom stereocenters. The van der Waals surface area contributed by atoms with Crippen LogP contribution in [0.4, 0.5) is 0 Å². The number of aromatic amines is 1. The van der Waals surface area contributed by atoms with Crippen LogP contribution in [-0.4, -0.2) is 22.1 Å². The number of aromatic nitrogens is 2. The van der Waals surface area contributed by atoms with Crippen LogP contribution in [0.25, 0.3) is 0 Å². The van der Waals surface area contributed by atoms with Gasteiger partial charge in [-0.2, -0.15) is 5.10 Å². The van der Waals surface area contributed by atoms with E-state index in [1.54, 1.807) is 24.8 Å². The summed E-state index contributed by atoms with van der Waals surface area (Å²) in [6.07, 6.45) is 5.62. The van der Waals surface area contributed by atoms with E-state index in [1.807, 2.05) is 48.5 Å². The Labute approximate surface area is 134 Å². The number of benzene rings is 2. The van der Waals surface area contributed by atoms with Crippen LogP contribution in [0.2, 0.25) is 0 Å². The number of nitrogens with one attached hydrogen (secondary N) is 2. The molecule has 0 fully saturated rings. The Bertz CT molecular complexity index is 795. The first-order valence-electron chi connectivity index (χ1n) is 7.26. The smallest absolute Gasteiger partial charge is 0.271 e. The van der Waals surface area contributed by atoms with Crippen molar-refractivity contribution in [3.8, 4) is 0 Å². The molecule has 2 aromatic carbocycles. The molecule has 114 valence electrons. The van der Waals surface area contributed by atoms with Crippen LogP contribution in [0.15, 0.2) is 72.2 Å². The number of nitrogens with zero attached hydrogens (tertiary/aromatic N) is 2. The van der Waals surface area contributed by atoms with E-state index in [1.165, 1.54) is 0 Å². The summed E-state index contributed by atoms with van der Waals surface area (Å²) in [6, 6.07) is 17.1. The first-order valence-corrected chi connectivity index (χ1v) is 7.26. The summed E-state index contributed by atoms with van der Waals surface area (Å²) in [5, 5.41) is 4.01. The zero-order valence-electron chi connectivity index (χ0n) is 12.4. The minimum absolute atomic E-state index is 0.229. The van der Waals surface area contributed by atoms with E-state index in [4.69, 9.17) is 0 Å². The lowest BCUT2D eigenvalue weighted by molar-refractivity contribution is 0.0954. The predicted molar refractivity (Wildman–Crippen MR) is 89.3 cm³/mol. The van der Waals surface area contributed by atoms with Crippen molar-refractivity contribution in [2.45, 2.75) is 6.42 Å². The highest BCUT2D eigenvalue weighted by Gasteiger charge is 2.10. The number of hydrogen-bond donors (Lipinski definition) is 2. The highest BCUT2D eigenvalue weighted by Crippen LogP contribution is 2.13. The van der Waals surface area contributed by atoms with Crippen LogP contribution in [0, 0.1) is 0 Å². The number of amides is 1. The third-order valence-electron chi connectivity index (χ3n) is 3.38. The summed E-state index contributed by atoms with van der Waals surface area (Å²) in [5.74, 6) is -0.229. The topological polar surface area (TPSA) is 70.1 Å². The number of rotatable bonds is 5. The Morgan fingerprint density at radius 1 is 1.13 bits per heavy atom. The lowest BCUT2D eigenvalue weighted by Crippen LogP contribution is -2.19. The maximum absolute atomic E-state index is 12.3. The van der Waals surface area contributed by atoms with Crippen molar-refractivity contribution in [1.29, 1.82) is 0 Å². The second-order valence-corrected chi connectivity index (χ2v) is 5.02. The van der Waals surface area contributed by atoms with Crippen LogP contribution in [0.1, 0.15) is 27.2 Å². The quantitative estimate of drug-likeness (QED) is 0.562. The molecule has 1 heterocycles. The van der Waals surface area contributed by atoms with Gasteiger partial charge >= 0.3 is 0 Å². The lowest BCUT2D eigenvalue weighted by Gasteiger charge is -2.07. The Morgan fingerprint density at radius 2 is 1.91 bits per heavy atom. The molecule has 0 aliphatic carbocycles. The normalized spacial score (nSPS) is 10.8. The molecule has 3 aromatic rings. The van der Waals surface area contributed by atoms with Crippen LogP contribution < -0.4 is 5.43 Å². The lowest BCUT2D eigenvalue weighted by atomic mass is 10.0. The van der Waals surface area contributed by atoms with Crippen molar-refractivity contribution in [3.63, 3.8) is 0 Å². The van der Waals surface area contributed by atoms with Gasteiger partial charge in [-0.05, 0) is 17.2 Å². The molecular weight excluding hydrogens is 288 g/mol. The van der Waals surface area contributed by atoms with Gasteiger partial charge in [-0.3, -0.25) is 4.79 Å². The van der Waals surface area contributed by atoms with Crippen molar-refractivity contribution in [2.75, 3.05) is 0 Å². The molecule has 23 heavy (non-hydrogen) atoms. The van der Waals surface area contributed by atoms with Gasteiger partial charge in [0.05, 0.1) is 12.5 Å². The van der Waals surface area contributed by atoms with Crippen LogP contribution in [-0.2, 0) is 6.42 Å². The van der Waals surface area contributed by atoms with E-state index in [-0.39, 0.29) is 5.91 Å². The van der Waals surface area contributed by atoms with Gasteiger partial charge in [0, 0.05) is 23.9 Å². The summed E-state index contributed by atoms with van der Waals surface area (Å²) >= 11 is 0. The molecule has 0 saturated heterocycles. The largest absolute Gasteiger partial charge is 0.348 e. The zero-order valence-corrected chi connectivity index (χ0v) is 12.4. The Balaban J connectivity index is 1.71. The first kappa shape index (κ1) is 14.7. The molecule has 3 rings (SSSR count). The summed E-state index contributed by atoms with van der Waals surface area (Å²) in [6.45, 7) is 0. The third kappa shape index (κ3) is 3.91. The molecule has 5 nitrogen and oxygen atoms in total. The van der Waals surface area contributed by atoms with Crippen LogP contribution in [0.5, 0.6) is 0 Å². The van der Waals surface area contributed by atoms with E-state index in [0.29, 0.717) is 12.0 Å². The fourth-order valence-electron chi connectivity index (χ4n) is 2.25. The second kappa shape index (κ2) is 7.17. The van der Waals surface area contributed by atoms with Crippen molar-refractivity contribution in [1.82, 2.24) is 15.4 Å². The Hall–Kier alpha value is -3.21. The monoisotopic (exact) mass is 304 g/mol. The molecular formula is C18H16N4O. The van der Waals surface area contributed by atoms with Crippen LogP contribution >= 0.6 is 0 Å². The van der Waals surface area contributed by atoms with Crippen molar-refractivity contribution in [2.24, 2.45) is 5.10 Å². The molecule has 0 aliphatic rings. The first-order chi connectivity index (χ1) is 11.3. The number of hydrazone groups is 1. The van der Waals surface area contributed by atoms with E-state index in [9.17, 15) is 4.79 Å². The number of hydrogen-bond acceptors (Lipinski definition) is 3. The highest BCUT2D eigenvalue weighted by atomic mass is 16.2. The second-order valence-electron chi connectivity index (χ2n) is 5.02. The van der Waals surface area contributed by atoms with Crippen molar-refractivity contribution < 1.29 is 4.79 Å². The number of H-pyrrole nitrogens is 1. The van der Waals surface area contributed by atoms with Gasteiger partial charge in [-0.15, -0.1) is 0 Å². The number of carbonyl (C=O) groups is 1. The molecule has 1 aromatic heterocycles. The van der Waals surface area contributed by atoms with E-state index in [2.05, 4.69) is 20.5 Å². The van der Waals surface area contributed by atoms with Gasteiger partial charge in [0.15, 0.2) is 0 Å². The van der Waals surface area contributed by atoms with Gasteiger partial charge in [0.1, 0.15) is 0 Å². The SMILES string of the molecule is O=C(N/N=C\c1ccccc1)c1ccccc1Cc1cnc[nH]1. The molecule has 0 unspecified atom stereocenters. The third-order valence-corrected chi connectivity index (χ3v) is 3.38. The predicted octanol–water partition coefficient (Wildman–Crippen LogP) is 2.76. The summed E-state index contributed by atoms with van der Waals surface area (Å²) in [4.78, 5) is 19.4. The molecule has 0 spiro atoms. The average Bonchev–Trinajstić information content (AvgIpc) is 3.09. The van der Waals surface area contributed by atoms with E-state index < -0.39 is 0 Å². The van der Waals surface area contributed by atoms with Crippen molar-refractivity contribution in [3.05, 3.63) is 89.5 Å². The summed E-state index contributed by atoms with van der Waals surface area (Å²) in [5.41, 5.74) is 5.98. The molecule has 0 radical (unpaired) electrons. The average molecular weight is 304 g/mol. The fourth-order valence-corrected chi connectivity index (χ4v) is 2.25. The molecule has 0 aliphatic heterocycles. The minimum Gasteiger partial charge on any atom is -0.348 e. The summed E-state index contributed by atoms with van der Waals surface area (Å²) < 4.78 is 0. The zero-order chi connectivity index (χ0) is 15.9. The van der Waals surface area contributed by atoms with Crippen molar-refractivity contribution >= 4 is 12.1 Å². The van der Waals surface area contributed by atoms with Gasteiger partial charge in [-0.25, -0.2) is 10.4 Å². The summed E-state index contributed by atoms with van der Waals surface area (Å²) in [7, 11) is 0. The fraction of sp³-hybridized carbons (Fsp3) is 0.0556. The standard InChI is InChI=1S/C18H16N4O/c23-18(22-21-11-14-6-2-1-3-7-14)17-9-5-4-8-15(17)10-16-12-19-13-20-16/h1-9,11-13H,10H2,(H,19,20)(H,22,23)/b21-11-. The number of carbonyl (C=O) groups excluding carboxylic acids is 1. The van der Waals surface area contributed by atoms with Gasteiger partial charge in [0.25, 0.3) is 5.91 Å². The maximum atomic E-state index is 12.3. The Morgan fingerprint density at radius 3 is 2.70 bits per heavy atom. The highest BCUT2D eigenvalue weighted by molar-refractivity contribution is 5.96.